The number of aromatic hydroxyl groups is 1. The van der Waals surface area contributed by atoms with Gasteiger partial charge in [0, 0.05) is 26.2 Å². The third-order valence-corrected chi connectivity index (χ3v) is 1.28. The van der Waals surface area contributed by atoms with Crippen LogP contribution in [0, 0.1) is 0 Å². The minimum absolute atomic E-state index is 0. The molecule has 0 spiro atoms. The van der Waals surface area contributed by atoms with Gasteiger partial charge in [0.05, 0.1) is 5.56 Å². The normalized spacial score (nSPS) is 8.45. The number of para-hydroxylation sites is 1. The number of carbonyl (C=O) groups excluding carboxylic acids is 1. The van der Waals surface area contributed by atoms with Crippen molar-refractivity contribution < 1.29 is 36.1 Å². The van der Waals surface area contributed by atoms with Crippen LogP contribution >= 0.6 is 0 Å². The molecule has 3 heteroatoms. The molecule has 0 unspecified atom stereocenters. The first-order valence-corrected chi connectivity index (χ1v) is 3.01. The van der Waals surface area contributed by atoms with Crippen LogP contribution in [0.15, 0.2) is 24.3 Å². The van der Waals surface area contributed by atoms with E-state index in [2.05, 4.69) is 0 Å². The van der Waals surface area contributed by atoms with Gasteiger partial charge < -0.3 is 5.11 Å². The van der Waals surface area contributed by atoms with Gasteiger partial charge in [-0.25, -0.2) is 0 Å². The molecule has 11 heavy (non-hydrogen) atoms. The molecule has 0 atom stereocenters. The number of benzene rings is 1. The Morgan fingerprint density at radius 2 is 1.91 bits per heavy atom. The number of carbonyl (C=O) groups is 1. The van der Waals surface area contributed by atoms with Crippen LogP contribution in [0.2, 0.25) is 0 Å². The molecule has 1 aromatic carbocycles. The summed E-state index contributed by atoms with van der Waals surface area (Å²) in [4.78, 5) is 10.7. The van der Waals surface area contributed by atoms with Crippen molar-refractivity contribution in [3.63, 3.8) is 0 Å². The van der Waals surface area contributed by atoms with E-state index < -0.39 is 0 Å². The van der Waals surface area contributed by atoms with E-state index in [4.69, 9.17) is 5.11 Å². The van der Waals surface area contributed by atoms with Crippen molar-refractivity contribution in [3.05, 3.63) is 29.8 Å². The molecule has 0 radical (unpaired) electrons. The fourth-order valence-corrected chi connectivity index (χ4v) is 0.771. The van der Waals surface area contributed by atoms with Crippen molar-refractivity contribution >= 4 is 5.78 Å². The summed E-state index contributed by atoms with van der Waals surface area (Å²) < 4.78 is 0. The molecule has 0 fully saturated rings. The van der Waals surface area contributed by atoms with Gasteiger partial charge in [0.2, 0.25) is 0 Å². The van der Waals surface area contributed by atoms with E-state index in [1.807, 2.05) is 0 Å². The number of Topliss-reactive ketones (excluding diaryl/α,β-unsaturated/α-hetero) is 1. The summed E-state index contributed by atoms with van der Waals surface area (Å²) >= 11 is 0. The van der Waals surface area contributed by atoms with E-state index in [-0.39, 0.29) is 37.7 Å². The van der Waals surface area contributed by atoms with E-state index in [9.17, 15) is 4.79 Å². The Kier molecular flexibility index (Phi) is 4.28. The molecule has 0 saturated heterocycles. The summed E-state index contributed by atoms with van der Waals surface area (Å²) in [6, 6.07) is 6.49. The Hall–Kier alpha value is -0.427. The van der Waals surface area contributed by atoms with Gasteiger partial charge in [-0.15, -0.1) is 0 Å². The zero-order valence-corrected chi connectivity index (χ0v) is 8.62. The SMILES string of the molecule is CC(=O)c1ccccc1O.[Zr]. The first-order chi connectivity index (χ1) is 4.72. The van der Waals surface area contributed by atoms with Gasteiger partial charge in [0.1, 0.15) is 5.75 Å². The quantitative estimate of drug-likeness (QED) is 0.740. The van der Waals surface area contributed by atoms with Gasteiger partial charge in [0.15, 0.2) is 5.78 Å². The maximum atomic E-state index is 10.7. The Morgan fingerprint density at radius 1 is 1.36 bits per heavy atom. The van der Waals surface area contributed by atoms with E-state index in [0.717, 1.165) is 0 Å². The zero-order valence-electron chi connectivity index (χ0n) is 6.16. The molecule has 56 valence electrons. The Morgan fingerprint density at radius 3 is 2.27 bits per heavy atom. The zero-order chi connectivity index (χ0) is 7.56. The van der Waals surface area contributed by atoms with Crippen LogP contribution in [0.3, 0.4) is 0 Å². The first-order valence-electron chi connectivity index (χ1n) is 3.01. The number of ketones is 1. The van der Waals surface area contributed by atoms with E-state index in [1.54, 1.807) is 18.2 Å². The first kappa shape index (κ1) is 10.6. The third kappa shape index (κ3) is 2.59. The van der Waals surface area contributed by atoms with Gasteiger partial charge in [-0.2, -0.15) is 0 Å². The molecule has 2 nitrogen and oxygen atoms in total. The van der Waals surface area contributed by atoms with E-state index in [1.165, 1.54) is 13.0 Å². The van der Waals surface area contributed by atoms with Crippen molar-refractivity contribution in [1.82, 2.24) is 0 Å². The molecule has 0 bridgehead atoms. The number of hydrogen-bond acceptors (Lipinski definition) is 2. The number of phenolic OH excluding ortho intramolecular Hbond substituents is 1. The topological polar surface area (TPSA) is 37.3 Å². The van der Waals surface area contributed by atoms with E-state index >= 15 is 0 Å². The van der Waals surface area contributed by atoms with Crippen LogP contribution in [0.5, 0.6) is 5.75 Å². The predicted molar refractivity (Wildman–Crippen MR) is 38.1 cm³/mol. The predicted octanol–water partition coefficient (Wildman–Crippen LogP) is 1.59. The largest absolute Gasteiger partial charge is 0.507 e. The minimum atomic E-state index is -0.113. The molecular formula is C8H8O2Zr. The summed E-state index contributed by atoms with van der Waals surface area (Å²) in [6.45, 7) is 1.43. The fraction of sp³-hybridized carbons (Fsp3) is 0.125. The Labute approximate surface area is 84.4 Å². The van der Waals surface area contributed by atoms with Crippen LogP contribution in [-0.4, -0.2) is 10.9 Å². The van der Waals surface area contributed by atoms with Crippen molar-refractivity contribution in [2.45, 2.75) is 6.92 Å². The summed E-state index contributed by atoms with van der Waals surface area (Å²) in [5, 5.41) is 9.06. The van der Waals surface area contributed by atoms with Gasteiger partial charge in [-0.05, 0) is 19.1 Å². The molecular weight excluding hydrogens is 219 g/mol. The van der Waals surface area contributed by atoms with E-state index in [0.29, 0.717) is 5.56 Å². The van der Waals surface area contributed by atoms with Crippen molar-refractivity contribution in [3.8, 4) is 5.75 Å². The second-order valence-corrected chi connectivity index (χ2v) is 2.07. The van der Waals surface area contributed by atoms with Crippen LogP contribution < -0.4 is 0 Å². The molecule has 1 rings (SSSR count). The molecule has 1 aromatic rings. The maximum absolute atomic E-state index is 10.7. The van der Waals surface area contributed by atoms with Crippen molar-refractivity contribution in [1.29, 1.82) is 0 Å². The molecule has 0 amide bonds. The summed E-state index contributed by atoms with van der Waals surface area (Å²) in [5.74, 6) is -0.0619. The number of rotatable bonds is 1. The molecule has 0 saturated carbocycles. The average molecular weight is 227 g/mol. The van der Waals surface area contributed by atoms with Crippen LogP contribution in [0.25, 0.3) is 0 Å². The minimum Gasteiger partial charge on any atom is -0.507 e. The Balaban J connectivity index is 0.000001000. The third-order valence-electron chi connectivity index (χ3n) is 1.28. The maximum Gasteiger partial charge on any atom is 0.163 e. The average Bonchev–Trinajstić information content (AvgIpc) is 1.88. The smallest absolute Gasteiger partial charge is 0.163 e. The Bertz CT molecular complexity index is 258. The molecule has 0 aliphatic heterocycles. The van der Waals surface area contributed by atoms with Crippen LogP contribution in [-0.2, 0) is 26.2 Å². The molecule has 0 aliphatic rings. The van der Waals surface area contributed by atoms with Gasteiger partial charge in [-0.3, -0.25) is 4.79 Å². The molecule has 1 N–H and O–H groups in total. The second-order valence-electron chi connectivity index (χ2n) is 2.07. The summed E-state index contributed by atoms with van der Waals surface area (Å²) in [7, 11) is 0. The van der Waals surface area contributed by atoms with Crippen LogP contribution in [0.1, 0.15) is 17.3 Å². The second kappa shape index (κ2) is 4.45. The number of hydrogen-bond donors (Lipinski definition) is 1. The fourth-order valence-electron chi connectivity index (χ4n) is 0.771. The standard InChI is InChI=1S/C8H8O2.Zr/c1-6(9)7-4-2-3-5-8(7)10;/h2-5,10H,1H3;. The van der Waals surface area contributed by atoms with Crippen molar-refractivity contribution in [2.75, 3.05) is 0 Å². The monoisotopic (exact) mass is 226 g/mol. The number of phenols is 1. The van der Waals surface area contributed by atoms with Gasteiger partial charge >= 0.3 is 0 Å². The molecule has 0 aliphatic carbocycles. The van der Waals surface area contributed by atoms with Gasteiger partial charge in [-0.1, -0.05) is 12.1 Å². The van der Waals surface area contributed by atoms with Crippen LogP contribution in [0.4, 0.5) is 0 Å². The van der Waals surface area contributed by atoms with Gasteiger partial charge in [0.25, 0.3) is 0 Å². The summed E-state index contributed by atoms with van der Waals surface area (Å²) in [6.07, 6.45) is 0. The summed E-state index contributed by atoms with van der Waals surface area (Å²) in [5.41, 5.74) is 0.377. The molecule has 0 aromatic heterocycles. The van der Waals surface area contributed by atoms with Crippen molar-refractivity contribution in [2.24, 2.45) is 0 Å². The molecule has 0 heterocycles.